The lowest BCUT2D eigenvalue weighted by molar-refractivity contribution is -0.123. The van der Waals surface area contributed by atoms with E-state index in [9.17, 15) is 9.59 Å². The second-order valence-electron chi connectivity index (χ2n) is 5.91. The first-order chi connectivity index (χ1) is 12.0. The minimum absolute atomic E-state index is 0.0928. The quantitative estimate of drug-likeness (QED) is 0.732. The number of amides is 2. The second kappa shape index (κ2) is 8.59. The summed E-state index contributed by atoms with van der Waals surface area (Å²) in [5.74, 6) is 0.0912. The summed E-state index contributed by atoms with van der Waals surface area (Å²) in [6.45, 7) is 3.82. The third kappa shape index (κ3) is 5.14. The molecule has 2 aromatic heterocycles. The van der Waals surface area contributed by atoms with E-state index < -0.39 is 6.04 Å². The summed E-state index contributed by atoms with van der Waals surface area (Å²) in [6.07, 6.45) is 6.92. The first kappa shape index (κ1) is 18.1. The molecule has 0 saturated heterocycles. The number of hydrogen-bond acceptors (Lipinski definition) is 5. The van der Waals surface area contributed by atoms with Gasteiger partial charge in [-0.3, -0.25) is 14.2 Å². The number of imidazole rings is 1. The highest BCUT2D eigenvalue weighted by atomic mass is 16.2. The lowest BCUT2D eigenvalue weighted by Crippen LogP contribution is -2.47. The minimum Gasteiger partial charge on any atom is -0.341 e. The van der Waals surface area contributed by atoms with Gasteiger partial charge in [-0.25, -0.2) is 9.97 Å². The molecule has 2 rings (SSSR count). The first-order valence-electron chi connectivity index (χ1n) is 7.91. The van der Waals surface area contributed by atoms with Crippen LogP contribution in [0.15, 0.2) is 37.1 Å². The van der Waals surface area contributed by atoms with Gasteiger partial charge in [0.05, 0.1) is 11.6 Å². The summed E-state index contributed by atoms with van der Waals surface area (Å²) in [6, 6.07) is 4.48. The van der Waals surface area contributed by atoms with Gasteiger partial charge in [-0.15, -0.1) is 0 Å². The molecule has 0 radical (unpaired) electrons. The van der Waals surface area contributed by atoms with Crippen LogP contribution in [0, 0.1) is 17.2 Å². The zero-order valence-electron chi connectivity index (χ0n) is 14.1. The van der Waals surface area contributed by atoms with E-state index in [1.54, 1.807) is 35.4 Å². The molecule has 0 aliphatic carbocycles. The van der Waals surface area contributed by atoms with Gasteiger partial charge in [0.25, 0.3) is 5.91 Å². The van der Waals surface area contributed by atoms with Crippen LogP contribution < -0.4 is 10.6 Å². The van der Waals surface area contributed by atoms with E-state index in [1.807, 2.05) is 19.9 Å². The SMILES string of the molecule is CC(C)C[C@H](NC(=O)c1ccc(-n2ccnc2)nc1)C(=O)NCC#N. The van der Waals surface area contributed by atoms with Gasteiger partial charge in [0.1, 0.15) is 24.7 Å². The summed E-state index contributed by atoms with van der Waals surface area (Å²) in [4.78, 5) is 32.7. The van der Waals surface area contributed by atoms with Gasteiger partial charge < -0.3 is 10.6 Å². The van der Waals surface area contributed by atoms with Crippen LogP contribution >= 0.6 is 0 Å². The fraction of sp³-hybridized carbons (Fsp3) is 0.353. The fourth-order valence-corrected chi connectivity index (χ4v) is 2.26. The molecule has 2 aromatic rings. The van der Waals surface area contributed by atoms with Crippen LogP contribution in [-0.2, 0) is 4.79 Å². The van der Waals surface area contributed by atoms with E-state index in [0.29, 0.717) is 17.8 Å². The Morgan fingerprint density at radius 3 is 2.72 bits per heavy atom. The van der Waals surface area contributed by atoms with Crippen LogP contribution in [0.3, 0.4) is 0 Å². The molecule has 0 fully saturated rings. The Kier molecular flexibility index (Phi) is 6.23. The van der Waals surface area contributed by atoms with Crippen molar-refractivity contribution in [3.63, 3.8) is 0 Å². The topological polar surface area (TPSA) is 113 Å². The zero-order chi connectivity index (χ0) is 18.2. The number of nitrogens with zero attached hydrogens (tertiary/aromatic N) is 4. The molecule has 130 valence electrons. The van der Waals surface area contributed by atoms with Crippen molar-refractivity contribution >= 4 is 11.8 Å². The van der Waals surface area contributed by atoms with Crippen molar-refractivity contribution < 1.29 is 9.59 Å². The molecule has 0 aliphatic rings. The smallest absolute Gasteiger partial charge is 0.253 e. The number of rotatable bonds is 7. The van der Waals surface area contributed by atoms with E-state index in [2.05, 4.69) is 20.6 Å². The minimum atomic E-state index is -0.700. The maximum Gasteiger partial charge on any atom is 0.253 e. The van der Waals surface area contributed by atoms with Crippen LogP contribution in [0.25, 0.3) is 5.82 Å². The Labute approximate surface area is 145 Å². The number of pyridine rings is 1. The van der Waals surface area contributed by atoms with Crippen molar-refractivity contribution in [2.24, 2.45) is 5.92 Å². The summed E-state index contributed by atoms with van der Waals surface area (Å²) in [5, 5.41) is 13.8. The van der Waals surface area contributed by atoms with Gasteiger partial charge in [-0.1, -0.05) is 13.8 Å². The van der Waals surface area contributed by atoms with Gasteiger partial charge in [0, 0.05) is 18.6 Å². The number of hydrogen-bond donors (Lipinski definition) is 2. The molecular formula is C17H20N6O2. The van der Waals surface area contributed by atoms with Gasteiger partial charge in [-0.05, 0) is 24.5 Å². The third-order valence-electron chi connectivity index (χ3n) is 3.45. The highest BCUT2D eigenvalue weighted by Gasteiger charge is 2.22. The molecule has 2 heterocycles. The Morgan fingerprint density at radius 2 is 2.16 bits per heavy atom. The standard InChI is InChI=1S/C17H20N6O2/c1-12(2)9-14(17(25)20-6-5-18)22-16(24)13-3-4-15(21-10-13)23-8-7-19-11-23/h3-4,7-8,10-12,14H,6,9H2,1-2H3,(H,20,25)(H,22,24)/t14-/m0/s1. The molecule has 1 atom stereocenters. The molecule has 0 aliphatic heterocycles. The number of carbonyl (C=O) groups excluding carboxylic acids is 2. The van der Waals surface area contributed by atoms with Gasteiger partial charge >= 0.3 is 0 Å². The molecule has 25 heavy (non-hydrogen) atoms. The second-order valence-corrected chi connectivity index (χ2v) is 5.91. The normalized spacial score (nSPS) is 11.6. The molecule has 2 N–H and O–H groups in total. The highest BCUT2D eigenvalue weighted by molar-refractivity contribution is 5.97. The van der Waals surface area contributed by atoms with Crippen LogP contribution in [-0.4, -0.2) is 38.9 Å². The maximum absolute atomic E-state index is 12.4. The van der Waals surface area contributed by atoms with Crippen molar-refractivity contribution in [3.8, 4) is 11.9 Å². The Bertz CT molecular complexity index is 746. The fourth-order valence-electron chi connectivity index (χ4n) is 2.26. The van der Waals surface area contributed by atoms with Gasteiger partial charge in [0.2, 0.25) is 5.91 Å². The van der Waals surface area contributed by atoms with Crippen molar-refractivity contribution in [1.82, 2.24) is 25.2 Å². The molecule has 8 heteroatoms. The molecule has 0 aromatic carbocycles. The van der Waals surface area contributed by atoms with Crippen LogP contribution in [0.4, 0.5) is 0 Å². The lowest BCUT2D eigenvalue weighted by Gasteiger charge is -2.19. The number of nitrogens with one attached hydrogen (secondary N) is 2. The number of aromatic nitrogens is 3. The van der Waals surface area contributed by atoms with E-state index >= 15 is 0 Å². The van der Waals surface area contributed by atoms with E-state index in [1.165, 1.54) is 6.20 Å². The largest absolute Gasteiger partial charge is 0.341 e. The number of nitriles is 1. The average molecular weight is 340 g/mol. The third-order valence-corrected chi connectivity index (χ3v) is 3.45. The van der Waals surface area contributed by atoms with E-state index in [-0.39, 0.29) is 24.3 Å². The van der Waals surface area contributed by atoms with Crippen molar-refractivity contribution in [3.05, 3.63) is 42.6 Å². The Hall–Kier alpha value is -3.21. The summed E-state index contributed by atoms with van der Waals surface area (Å²) in [5.41, 5.74) is 0.353. The van der Waals surface area contributed by atoms with E-state index in [4.69, 9.17) is 5.26 Å². The Balaban J connectivity index is 2.06. The molecule has 0 saturated carbocycles. The molecular weight excluding hydrogens is 320 g/mol. The maximum atomic E-state index is 12.4. The van der Waals surface area contributed by atoms with Crippen LogP contribution in [0.5, 0.6) is 0 Å². The van der Waals surface area contributed by atoms with Crippen molar-refractivity contribution in [2.75, 3.05) is 6.54 Å². The molecule has 0 spiro atoms. The Morgan fingerprint density at radius 1 is 1.36 bits per heavy atom. The average Bonchev–Trinajstić information content (AvgIpc) is 3.13. The van der Waals surface area contributed by atoms with E-state index in [0.717, 1.165) is 0 Å². The lowest BCUT2D eigenvalue weighted by atomic mass is 10.0. The summed E-state index contributed by atoms with van der Waals surface area (Å²) >= 11 is 0. The highest BCUT2D eigenvalue weighted by Crippen LogP contribution is 2.08. The summed E-state index contributed by atoms with van der Waals surface area (Å²) in [7, 11) is 0. The molecule has 8 nitrogen and oxygen atoms in total. The first-order valence-corrected chi connectivity index (χ1v) is 7.91. The predicted molar refractivity (Wildman–Crippen MR) is 90.7 cm³/mol. The molecule has 0 bridgehead atoms. The van der Waals surface area contributed by atoms with Gasteiger partial charge in [0.15, 0.2) is 0 Å². The van der Waals surface area contributed by atoms with Gasteiger partial charge in [-0.2, -0.15) is 5.26 Å². The molecule has 2 amide bonds. The van der Waals surface area contributed by atoms with Crippen molar-refractivity contribution in [2.45, 2.75) is 26.3 Å². The number of carbonyl (C=O) groups is 2. The monoisotopic (exact) mass is 340 g/mol. The predicted octanol–water partition coefficient (Wildman–Crippen LogP) is 1.05. The van der Waals surface area contributed by atoms with Crippen LogP contribution in [0.2, 0.25) is 0 Å². The summed E-state index contributed by atoms with van der Waals surface area (Å²) < 4.78 is 1.72. The van der Waals surface area contributed by atoms with Crippen LogP contribution in [0.1, 0.15) is 30.6 Å². The van der Waals surface area contributed by atoms with Crippen molar-refractivity contribution in [1.29, 1.82) is 5.26 Å². The zero-order valence-corrected chi connectivity index (χ0v) is 14.1. The molecule has 0 unspecified atom stereocenters.